The first-order valence-electron chi connectivity index (χ1n) is 8.45. The first-order valence-corrected chi connectivity index (χ1v) is 8.45. The molecule has 130 valence electrons. The number of hydrogen-bond acceptors (Lipinski definition) is 3. The molecule has 1 atom stereocenters. The van der Waals surface area contributed by atoms with Gasteiger partial charge in [0.05, 0.1) is 5.92 Å². The molecule has 1 saturated heterocycles. The number of amides is 3. The molecule has 0 aromatic heterocycles. The molecule has 1 aromatic rings. The van der Waals surface area contributed by atoms with Gasteiger partial charge in [0.2, 0.25) is 11.8 Å². The topological polar surface area (TPSA) is 75.3 Å². The standard InChI is InChI=1S/C19H26N2O3/c1-19(2,3)9-4-10-20-17(23)14-7-5-13(6-8-14)11-15-12-16(22)21-18(15)24/h5-8,15H,4,9-12H2,1-3H3,(H,20,23)(H,21,22,24). The van der Waals surface area contributed by atoms with Crippen LogP contribution in [-0.4, -0.2) is 24.3 Å². The summed E-state index contributed by atoms with van der Waals surface area (Å²) in [7, 11) is 0. The first-order chi connectivity index (χ1) is 11.2. The first kappa shape index (κ1) is 18.2. The van der Waals surface area contributed by atoms with E-state index in [-0.39, 0.29) is 35.5 Å². The Labute approximate surface area is 143 Å². The quantitative estimate of drug-likeness (QED) is 0.621. The van der Waals surface area contributed by atoms with Crippen LogP contribution in [0.5, 0.6) is 0 Å². The molecule has 24 heavy (non-hydrogen) atoms. The summed E-state index contributed by atoms with van der Waals surface area (Å²) in [6, 6.07) is 7.23. The highest BCUT2D eigenvalue weighted by atomic mass is 16.2. The molecule has 1 aromatic carbocycles. The minimum absolute atomic E-state index is 0.0794. The summed E-state index contributed by atoms with van der Waals surface area (Å²) in [5.41, 5.74) is 1.84. The summed E-state index contributed by atoms with van der Waals surface area (Å²) in [5.74, 6) is -0.796. The van der Waals surface area contributed by atoms with Gasteiger partial charge < -0.3 is 5.32 Å². The van der Waals surface area contributed by atoms with E-state index in [1.807, 2.05) is 12.1 Å². The molecule has 5 heteroatoms. The second kappa shape index (κ2) is 7.60. The zero-order chi connectivity index (χ0) is 17.7. The molecule has 2 N–H and O–H groups in total. The molecule has 0 bridgehead atoms. The molecule has 0 spiro atoms. The van der Waals surface area contributed by atoms with Crippen LogP contribution in [0.2, 0.25) is 0 Å². The number of rotatable bonds is 6. The van der Waals surface area contributed by atoms with Gasteiger partial charge in [-0.2, -0.15) is 0 Å². The SMILES string of the molecule is CC(C)(C)CCCNC(=O)c1ccc(CC2CC(=O)NC2=O)cc1. The van der Waals surface area contributed by atoms with Crippen molar-refractivity contribution in [2.24, 2.45) is 11.3 Å². The normalized spacial score (nSPS) is 17.7. The van der Waals surface area contributed by atoms with Crippen LogP contribution >= 0.6 is 0 Å². The lowest BCUT2D eigenvalue weighted by Gasteiger charge is -2.17. The number of benzene rings is 1. The molecule has 0 aliphatic carbocycles. The molecule has 1 unspecified atom stereocenters. The molecule has 2 rings (SSSR count). The van der Waals surface area contributed by atoms with Crippen LogP contribution in [0, 0.1) is 11.3 Å². The van der Waals surface area contributed by atoms with Crippen molar-refractivity contribution in [1.82, 2.24) is 10.6 Å². The molecule has 1 aliphatic heterocycles. The number of carbonyl (C=O) groups is 3. The van der Waals surface area contributed by atoms with E-state index in [0.717, 1.165) is 18.4 Å². The largest absolute Gasteiger partial charge is 0.352 e. The van der Waals surface area contributed by atoms with Crippen LogP contribution in [0.4, 0.5) is 0 Å². The van der Waals surface area contributed by atoms with Gasteiger partial charge in [0, 0.05) is 18.5 Å². The van der Waals surface area contributed by atoms with Crippen molar-refractivity contribution in [2.75, 3.05) is 6.54 Å². The summed E-state index contributed by atoms with van der Waals surface area (Å²) >= 11 is 0. The van der Waals surface area contributed by atoms with Crippen molar-refractivity contribution >= 4 is 17.7 Å². The fourth-order valence-corrected chi connectivity index (χ4v) is 2.77. The van der Waals surface area contributed by atoms with Crippen molar-refractivity contribution in [2.45, 2.75) is 46.5 Å². The number of carbonyl (C=O) groups excluding carboxylic acids is 3. The van der Waals surface area contributed by atoms with Crippen molar-refractivity contribution in [3.63, 3.8) is 0 Å². The van der Waals surface area contributed by atoms with E-state index >= 15 is 0 Å². The summed E-state index contributed by atoms with van der Waals surface area (Å²) in [6.45, 7) is 7.23. The van der Waals surface area contributed by atoms with Crippen LogP contribution in [0.25, 0.3) is 0 Å². The fraction of sp³-hybridized carbons (Fsp3) is 0.526. The lowest BCUT2D eigenvalue weighted by atomic mass is 9.91. The Morgan fingerprint density at radius 1 is 1.21 bits per heavy atom. The van der Waals surface area contributed by atoms with E-state index in [2.05, 4.69) is 31.4 Å². The predicted octanol–water partition coefficient (Wildman–Crippen LogP) is 2.45. The van der Waals surface area contributed by atoms with Crippen LogP contribution in [0.15, 0.2) is 24.3 Å². The summed E-state index contributed by atoms with van der Waals surface area (Å²) < 4.78 is 0. The number of hydrogen-bond donors (Lipinski definition) is 2. The van der Waals surface area contributed by atoms with Gasteiger partial charge >= 0.3 is 0 Å². The highest BCUT2D eigenvalue weighted by molar-refractivity contribution is 6.03. The van der Waals surface area contributed by atoms with Gasteiger partial charge in [0.25, 0.3) is 5.91 Å². The van der Waals surface area contributed by atoms with Gasteiger partial charge in [-0.1, -0.05) is 32.9 Å². The smallest absolute Gasteiger partial charge is 0.251 e. The number of nitrogens with one attached hydrogen (secondary N) is 2. The molecule has 1 fully saturated rings. The summed E-state index contributed by atoms with van der Waals surface area (Å²) in [4.78, 5) is 34.9. The second-order valence-corrected chi connectivity index (χ2v) is 7.63. The molecule has 5 nitrogen and oxygen atoms in total. The van der Waals surface area contributed by atoms with Gasteiger partial charge in [0.15, 0.2) is 0 Å². The Hall–Kier alpha value is -2.17. The Balaban J connectivity index is 1.82. The molecule has 0 saturated carbocycles. The lowest BCUT2D eigenvalue weighted by Crippen LogP contribution is -2.25. The summed E-state index contributed by atoms with van der Waals surface area (Å²) in [5, 5.41) is 5.24. The maximum atomic E-state index is 12.1. The van der Waals surface area contributed by atoms with E-state index in [4.69, 9.17) is 0 Å². The van der Waals surface area contributed by atoms with Crippen molar-refractivity contribution in [3.8, 4) is 0 Å². The average Bonchev–Trinajstić information content (AvgIpc) is 2.81. The van der Waals surface area contributed by atoms with Crippen molar-refractivity contribution in [3.05, 3.63) is 35.4 Å². The van der Waals surface area contributed by atoms with Crippen molar-refractivity contribution in [1.29, 1.82) is 0 Å². The lowest BCUT2D eigenvalue weighted by molar-refractivity contribution is -0.125. The molecular weight excluding hydrogens is 304 g/mol. The van der Waals surface area contributed by atoms with E-state index in [1.165, 1.54) is 0 Å². The third kappa shape index (κ3) is 5.48. The Kier molecular flexibility index (Phi) is 5.75. The van der Waals surface area contributed by atoms with Gasteiger partial charge in [-0.15, -0.1) is 0 Å². The maximum absolute atomic E-state index is 12.1. The minimum Gasteiger partial charge on any atom is -0.352 e. The molecule has 3 amide bonds. The second-order valence-electron chi connectivity index (χ2n) is 7.63. The van der Waals surface area contributed by atoms with Crippen molar-refractivity contribution < 1.29 is 14.4 Å². The predicted molar refractivity (Wildman–Crippen MR) is 92.4 cm³/mol. The zero-order valence-corrected chi connectivity index (χ0v) is 14.6. The van der Waals surface area contributed by atoms with Gasteiger partial charge in [-0.25, -0.2) is 0 Å². The Morgan fingerprint density at radius 2 is 1.88 bits per heavy atom. The van der Waals surface area contributed by atoms with Gasteiger partial charge in [0.1, 0.15) is 0 Å². The van der Waals surface area contributed by atoms with Gasteiger partial charge in [-0.3, -0.25) is 19.7 Å². The van der Waals surface area contributed by atoms with E-state index in [1.54, 1.807) is 12.1 Å². The molecule has 0 radical (unpaired) electrons. The third-order valence-corrected chi connectivity index (χ3v) is 4.15. The van der Waals surface area contributed by atoms with E-state index < -0.39 is 0 Å². The fourth-order valence-electron chi connectivity index (χ4n) is 2.77. The minimum atomic E-state index is -0.297. The van der Waals surface area contributed by atoms with Crippen LogP contribution < -0.4 is 10.6 Å². The zero-order valence-electron chi connectivity index (χ0n) is 14.6. The van der Waals surface area contributed by atoms with E-state index in [0.29, 0.717) is 18.5 Å². The van der Waals surface area contributed by atoms with E-state index in [9.17, 15) is 14.4 Å². The van der Waals surface area contributed by atoms with Crippen LogP contribution in [0.1, 0.15) is 56.0 Å². The average molecular weight is 330 g/mol. The maximum Gasteiger partial charge on any atom is 0.251 e. The molecule has 1 aliphatic rings. The van der Waals surface area contributed by atoms with Crippen LogP contribution in [0.3, 0.4) is 0 Å². The molecular formula is C19H26N2O3. The highest BCUT2D eigenvalue weighted by Crippen LogP contribution is 2.20. The van der Waals surface area contributed by atoms with Gasteiger partial charge in [-0.05, 0) is 42.4 Å². The summed E-state index contributed by atoms with van der Waals surface area (Å²) in [6.07, 6.45) is 2.78. The molecule has 1 heterocycles. The Bertz CT molecular complexity index is 614. The third-order valence-electron chi connectivity index (χ3n) is 4.15. The Morgan fingerprint density at radius 3 is 2.42 bits per heavy atom. The monoisotopic (exact) mass is 330 g/mol. The number of imide groups is 1. The van der Waals surface area contributed by atoms with Crippen LogP contribution in [-0.2, 0) is 16.0 Å². The highest BCUT2D eigenvalue weighted by Gasteiger charge is 2.30.